The van der Waals surface area contributed by atoms with Crippen molar-refractivity contribution in [2.75, 3.05) is 25.6 Å². The van der Waals surface area contributed by atoms with Gasteiger partial charge in [0.25, 0.3) is 5.91 Å². The smallest absolute Gasteiger partial charge is 0.343 e. The summed E-state index contributed by atoms with van der Waals surface area (Å²) in [6.45, 7) is 2.13. The number of nitrogens with zero attached hydrogens (tertiary/aromatic N) is 1. The molecule has 1 N–H and O–H groups in total. The molecule has 0 aliphatic heterocycles. The van der Waals surface area contributed by atoms with Crippen LogP contribution >= 0.6 is 15.9 Å². The summed E-state index contributed by atoms with van der Waals surface area (Å²) in [7, 11) is 1.26. The van der Waals surface area contributed by atoms with E-state index in [4.69, 9.17) is 9.47 Å². The molecular weight excluding hydrogens is 440 g/mol. The molecule has 0 heterocycles. The van der Waals surface area contributed by atoms with Gasteiger partial charge in [-0.2, -0.15) is 5.26 Å². The molecule has 8 heteroatoms. The highest BCUT2D eigenvalue weighted by atomic mass is 79.9. The zero-order valence-corrected chi connectivity index (χ0v) is 17.5. The maximum Gasteiger partial charge on any atom is 0.343 e. The number of anilines is 1. The van der Waals surface area contributed by atoms with Gasteiger partial charge in [-0.3, -0.25) is 4.79 Å². The lowest BCUT2D eigenvalue weighted by atomic mass is 10.1. The van der Waals surface area contributed by atoms with Gasteiger partial charge >= 0.3 is 5.97 Å². The first-order chi connectivity index (χ1) is 14.0. The largest absolute Gasteiger partial charge is 0.494 e. The number of carbonyl (C=O) groups is 2. The van der Waals surface area contributed by atoms with Gasteiger partial charge in [-0.15, -0.1) is 0 Å². The number of esters is 1. The first-order valence-electron chi connectivity index (χ1n) is 8.62. The second-order valence-corrected chi connectivity index (χ2v) is 6.54. The Kier molecular flexibility index (Phi) is 8.25. The quantitative estimate of drug-likeness (QED) is 0.365. The zero-order valence-electron chi connectivity index (χ0n) is 15.9. The van der Waals surface area contributed by atoms with Crippen LogP contribution in [0.3, 0.4) is 0 Å². The summed E-state index contributed by atoms with van der Waals surface area (Å²) < 4.78 is 16.1. The number of methoxy groups -OCH3 is 1. The maximum absolute atomic E-state index is 12.5. The van der Waals surface area contributed by atoms with Crippen LogP contribution in [0.5, 0.6) is 11.5 Å². The summed E-state index contributed by atoms with van der Waals surface area (Å²) in [5, 5.41) is 12.1. The Morgan fingerprint density at radius 2 is 1.90 bits per heavy atom. The second-order valence-electron chi connectivity index (χ2n) is 5.63. The Morgan fingerprint density at radius 3 is 2.52 bits per heavy atom. The lowest BCUT2D eigenvalue weighted by Crippen LogP contribution is -2.14. The second kappa shape index (κ2) is 10.9. The van der Waals surface area contributed by atoms with E-state index in [9.17, 15) is 14.9 Å². The predicted octanol–water partition coefficient (Wildman–Crippen LogP) is 3.95. The normalized spacial score (nSPS) is 10.6. The highest BCUT2D eigenvalue weighted by Crippen LogP contribution is 2.26. The fourth-order valence-corrected chi connectivity index (χ4v) is 2.64. The van der Waals surface area contributed by atoms with Gasteiger partial charge in [0.05, 0.1) is 13.7 Å². The molecule has 0 fully saturated rings. The van der Waals surface area contributed by atoms with Gasteiger partial charge in [-0.05, 0) is 55.5 Å². The highest BCUT2D eigenvalue weighted by molar-refractivity contribution is 9.10. The number of nitriles is 1. The molecule has 1 amide bonds. The van der Waals surface area contributed by atoms with Crippen LogP contribution in [-0.2, 0) is 14.3 Å². The zero-order chi connectivity index (χ0) is 21.2. The fourth-order valence-electron chi connectivity index (χ4n) is 2.26. The van der Waals surface area contributed by atoms with Gasteiger partial charge < -0.3 is 19.5 Å². The van der Waals surface area contributed by atoms with E-state index in [-0.39, 0.29) is 12.2 Å². The molecule has 0 unspecified atom stereocenters. The van der Waals surface area contributed by atoms with E-state index in [2.05, 4.69) is 26.0 Å². The van der Waals surface area contributed by atoms with Crippen molar-refractivity contribution >= 4 is 39.6 Å². The lowest BCUT2D eigenvalue weighted by Gasteiger charge is -2.10. The van der Waals surface area contributed by atoms with E-state index in [1.54, 1.807) is 42.5 Å². The maximum atomic E-state index is 12.5. The first-order valence-corrected chi connectivity index (χ1v) is 9.41. The monoisotopic (exact) mass is 458 g/mol. The van der Waals surface area contributed by atoms with Gasteiger partial charge in [0, 0.05) is 15.7 Å². The van der Waals surface area contributed by atoms with E-state index < -0.39 is 11.9 Å². The molecule has 0 saturated heterocycles. The molecule has 0 spiro atoms. The number of amides is 1. The average Bonchev–Trinajstić information content (AvgIpc) is 2.72. The van der Waals surface area contributed by atoms with E-state index in [1.807, 2.05) is 13.0 Å². The molecule has 29 heavy (non-hydrogen) atoms. The van der Waals surface area contributed by atoms with Gasteiger partial charge in [-0.1, -0.05) is 15.9 Å². The van der Waals surface area contributed by atoms with Crippen molar-refractivity contribution in [3.63, 3.8) is 0 Å². The van der Waals surface area contributed by atoms with Crippen LogP contribution in [-0.4, -0.2) is 32.2 Å². The molecule has 7 nitrogen and oxygen atoms in total. The molecule has 0 bridgehead atoms. The molecule has 2 aromatic rings. The van der Waals surface area contributed by atoms with E-state index >= 15 is 0 Å². The Balaban J connectivity index is 2.21. The van der Waals surface area contributed by atoms with Gasteiger partial charge in [0.1, 0.15) is 23.1 Å². The molecule has 0 aromatic heterocycles. The third-order valence-corrected chi connectivity index (χ3v) is 4.13. The minimum Gasteiger partial charge on any atom is -0.494 e. The topological polar surface area (TPSA) is 97.6 Å². The van der Waals surface area contributed by atoms with Crippen LogP contribution in [0.15, 0.2) is 52.5 Å². The standard InChI is InChI=1S/C21H19BrN2O5/c1-3-28-18-7-5-17(6-8-18)24-21(26)15(12-23)10-14-11-16(22)4-9-19(14)29-13-20(25)27-2/h4-11H,3,13H2,1-2H3,(H,24,26)/b15-10+. The Labute approximate surface area is 177 Å². The number of nitrogens with one attached hydrogen (secondary N) is 1. The number of rotatable bonds is 8. The molecule has 0 aliphatic carbocycles. The van der Waals surface area contributed by atoms with Crippen molar-refractivity contribution in [1.82, 2.24) is 0 Å². The molecule has 0 aliphatic rings. The van der Waals surface area contributed by atoms with Crippen LogP contribution in [0.25, 0.3) is 6.08 Å². The molecule has 0 atom stereocenters. The van der Waals surface area contributed by atoms with Gasteiger partial charge in [0.2, 0.25) is 0 Å². The third-order valence-electron chi connectivity index (χ3n) is 3.63. The predicted molar refractivity (Wildman–Crippen MR) is 111 cm³/mol. The van der Waals surface area contributed by atoms with Crippen LogP contribution in [0.4, 0.5) is 5.69 Å². The summed E-state index contributed by atoms with van der Waals surface area (Å²) in [4.78, 5) is 23.8. The summed E-state index contributed by atoms with van der Waals surface area (Å²) in [6, 6.07) is 13.7. The highest BCUT2D eigenvalue weighted by Gasteiger charge is 2.13. The molecular formula is C21H19BrN2O5. The Morgan fingerprint density at radius 1 is 1.17 bits per heavy atom. The van der Waals surface area contributed by atoms with E-state index in [0.717, 1.165) is 4.47 Å². The van der Waals surface area contributed by atoms with Crippen molar-refractivity contribution in [1.29, 1.82) is 5.26 Å². The number of ether oxygens (including phenoxy) is 3. The summed E-state index contributed by atoms with van der Waals surface area (Å²) in [6.07, 6.45) is 1.39. The first kappa shape index (κ1) is 22.0. The number of hydrogen-bond acceptors (Lipinski definition) is 6. The van der Waals surface area contributed by atoms with Crippen molar-refractivity contribution in [3.05, 3.63) is 58.1 Å². The van der Waals surface area contributed by atoms with Crippen molar-refractivity contribution < 1.29 is 23.8 Å². The van der Waals surface area contributed by atoms with Crippen molar-refractivity contribution in [3.8, 4) is 17.6 Å². The third kappa shape index (κ3) is 6.66. The van der Waals surface area contributed by atoms with Crippen LogP contribution < -0.4 is 14.8 Å². The Bertz CT molecular complexity index is 949. The summed E-state index contributed by atoms with van der Waals surface area (Å²) in [5.41, 5.74) is 0.859. The Hall–Kier alpha value is -3.31. The van der Waals surface area contributed by atoms with Crippen molar-refractivity contribution in [2.45, 2.75) is 6.92 Å². The van der Waals surface area contributed by atoms with E-state index in [0.29, 0.717) is 29.4 Å². The number of carbonyl (C=O) groups excluding carboxylic acids is 2. The fraction of sp³-hybridized carbons (Fsp3) is 0.190. The van der Waals surface area contributed by atoms with Gasteiger partial charge in [-0.25, -0.2) is 4.79 Å². The summed E-state index contributed by atoms with van der Waals surface area (Å²) in [5.74, 6) is -0.101. The van der Waals surface area contributed by atoms with Gasteiger partial charge in [0.15, 0.2) is 6.61 Å². The molecule has 0 saturated carbocycles. The molecule has 150 valence electrons. The molecule has 0 radical (unpaired) electrons. The average molecular weight is 459 g/mol. The summed E-state index contributed by atoms with van der Waals surface area (Å²) >= 11 is 3.34. The number of hydrogen-bond donors (Lipinski definition) is 1. The molecule has 2 aromatic carbocycles. The molecule has 2 rings (SSSR count). The van der Waals surface area contributed by atoms with E-state index in [1.165, 1.54) is 13.2 Å². The minimum atomic E-state index is -0.574. The SMILES string of the molecule is CCOc1ccc(NC(=O)/C(C#N)=C/c2cc(Br)ccc2OCC(=O)OC)cc1. The minimum absolute atomic E-state index is 0.125. The lowest BCUT2D eigenvalue weighted by molar-refractivity contribution is -0.142. The van der Waals surface area contributed by atoms with Crippen molar-refractivity contribution in [2.24, 2.45) is 0 Å². The van der Waals surface area contributed by atoms with Crippen LogP contribution in [0, 0.1) is 11.3 Å². The number of benzene rings is 2. The van der Waals surface area contributed by atoms with Crippen LogP contribution in [0.2, 0.25) is 0 Å². The van der Waals surface area contributed by atoms with Crippen LogP contribution in [0.1, 0.15) is 12.5 Å². The number of halogens is 1.